The second-order valence-corrected chi connectivity index (χ2v) is 27.8. The van der Waals surface area contributed by atoms with Gasteiger partial charge in [-0.05, 0) is 37.5 Å². The number of ether oxygens (including phenoxy) is 4. The van der Waals surface area contributed by atoms with Crippen LogP contribution < -0.4 is 0 Å². The number of carbonyl (C=O) groups is 4. The van der Waals surface area contributed by atoms with Crippen molar-refractivity contribution in [3.63, 3.8) is 0 Å². The third kappa shape index (κ3) is 59.7. The molecule has 17 nitrogen and oxygen atoms in total. The van der Waals surface area contributed by atoms with Crippen LogP contribution in [0.3, 0.4) is 0 Å². The highest BCUT2D eigenvalue weighted by Crippen LogP contribution is 2.45. The van der Waals surface area contributed by atoms with Crippen LogP contribution in [0.1, 0.15) is 337 Å². The lowest BCUT2D eigenvalue weighted by Gasteiger charge is -2.21. The summed E-state index contributed by atoms with van der Waals surface area (Å²) in [5, 5.41) is 10.5. The molecule has 0 amide bonds. The minimum Gasteiger partial charge on any atom is -0.462 e. The van der Waals surface area contributed by atoms with E-state index in [4.69, 9.17) is 37.0 Å². The highest BCUT2D eigenvalue weighted by atomic mass is 31.2. The average molecular weight is 1270 g/mol. The molecule has 0 radical (unpaired) electrons. The van der Waals surface area contributed by atoms with Gasteiger partial charge in [-0.3, -0.25) is 37.3 Å². The monoisotopic (exact) mass is 1270 g/mol. The lowest BCUT2D eigenvalue weighted by atomic mass is 9.99. The molecule has 0 fully saturated rings. The molecule has 0 saturated heterocycles. The Hall–Kier alpha value is -1.94. The molecule has 0 heterocycles. The van der Waals surface area contributed by atoms with Crippen molar-refractivity contribution in [2.45, 2.75) is 355 Å². The fourth-order valence-electron chi connectivity index (χ4n) is 10.0. The summed E-state index contributed by atoms with van der Waals surface area (Å²) in [6.45, 7) is 9.51. The van der Waals surface area contributed by atoms with Gasteiger partial charge in [0.2, 0.25) is 0 Å². The number of unbranched alkanes of at least 4 members (excludes halogenated alkanes) is 35. The van der Waals surface area contributed by atoms with Gasteiger partial charge in [-0.1, -0.05) is 286 Å². The van der Waals surface area contributed by atoms with Gasteiger partial charge in [0.25, 0.3) is 0 Å². The Balaban J connectivity index is 5.18. The van der Waals surface area contributed by atoms with Gasteiger partial charge in [0.15, 0.2) is 12.2 Å². The molecule has 86 heavy (non-hydrogen) atoms. The summed E-state index contributed by atoms with van der Waals surface area (Å²) >= 11 is 0. The Morgan fingerprint density at radius 1 is 0.337 bits per heavy atom. The summed E-state index contributed by atoms with van der Waals surface area (Å²) in [6, 6.07) is 0. The highest BCUT2D eigenvalue weighted by molar-refractivity contribution is 7.47. The molecule has 510 valence electrons. The largest absolute Gasteiger partial charge is 0.472 e. The van der Waals surface area contributed by atoms with Crippen molar-refractivity contribution in [1.82, 2.24) is 0 Å². The van der Waals surface area contributed by atoms with Gasteiger partial charge in [0, 0.05) is 25.7 Å². The fourth-order valence-corrected chi connectivity index (χ4v) is 11.6. The number of aliphatic hydroxyl groups is 1. The lowest BCUT2D eigenvalue weighted by Crippen LogP contribution is -2.30. The minimum absolute atomic E-state index is 0.104. The predicted molar refractivity (Wildman–Crippen MR) is 345 cm³/mol. The summed E-state index contributed by atoms with van der Waals surface area (Å²) in [5.41, 5.74) is 0. The van der Waals surface area contributed by atoms with E-state index in [1.165, 1.54) is 135 Å². The summed E-state index contributed by atoms with van der Waals surface area (Å²) in [4.78, 5) is 72.2. The van der Waals surface area contributed by atoms with Crippen molar-refractivity contribution in [2.24, 2.45) is 11.8 Å². The third-order valence-corrected chi connectivity index (χ3v) is 17.7. The molecule has 19 heteroatoms. The maximum Gasteiger partial charge on any atom is 0.472 e. The summed E-state index contributed by atoms with van der Waals surface area (Å²) < 4.78 is 68.0. The molecule has 3 N–H and O–H groups in total. The van der Waals surface area contributed by atoms with Gasteiger partial charge in [-0.15, -0.1) is 0 Å². The summed E-state index contributed by atoms with van der Waals surface area (Å²) in [6.07, 6.45) is 43.2. The number of rotatable bonds is 66. The van der Waals surface area contributed by atoms with Gasteiger partial charge in [-0.2, -0.15) is 0 Å². The topological polar surface area (TPSA) is 237 Å². The Labute approximate surface area is 524 Å². The van der Waals surface area contributed by atoms with Crippen LogP contribution >= 0.6 is 15.6 Å². The van der Waals surface area contributed by atoms with E-state index in [1.54, 1.807) is 0 Å². The highest BCUT2D eigenvalue weighted by Gasteiger charge is 2.30. The van der Waals surface area contributed by atoms with Crippen molar-refractivity contribution in [1.29, 1.82) is 0 Å². The second-order valence-electron chi connectivity index (χ2n) is 24.9. The van der Waals surface area contributed by atoms with E-state index in [9.17, 15) is 43.2 Å². The van der Waals surface area contributed by atoms with E-state index >= 15 is 0 Å². The van der Waals surface area contributed by atoms with Gasteiger partial charge in [-0.25, -0.2) is 9.13 Å². The standard InChI is InChI=1S/C67H130O17P2/c1-7-10-12-14-16-32-39-45-51-66(71)83-62(55-77-64(69)49-43-37-29-15-13-11-8-2)57-81-85(73,74)79-53-61(68)54-80-86(75,76)82-58-63(56-78-65(70)50-44-38-33-27-24-23-26-31-36-42-48-60(6)9-3)84-67(72)52-46-40-34-28-22-20-18-17-19-21-25-30-35-41-47-59(4)5/h59-63,68H,7-58H2,1-6H3,(H,73,74)(H,75,76)/t60?,61-,62+,63+/m0/s1. The van der Waals surface area contributed by atoms with Crippen LogP contribution in [-0.4, -0.2) is 96.7 Å². The first-order chi connectivity index (χ1) is 41.4. The van der Waals surface area contributed by atoms with Crippen molar-refractivity contribution >= 4 is 39.5 Å². The zero-order chi connectivity index (χ0) is 63.6. The first kappa shape index (κ1) is 84.1. The van der Waals surface area contributed by atoms with E-state index in [1.807, 2.05) is 0 Å². The molecule has 0 aliphatic rings. The molecule has 0 bridgehead atoms. The van der Waals surface area contributed by atoms with Crippen LogP contribution in [0.15, 0.2) is 0 Å². The van der Waals surface area contributed by atoms with Crippen LogP contribution in [0.2, 0.25) is 0 Å². The zero-order valence-corrected chi connectivity index (χ0v) is 57.4. The Morgan fingerprint density at radius 3 is 0.884 bits per heavy atom. The SMILES string of the molecule is CCCCCCCCCCC(=O)O[C@H](COC(=O)CCCCCCCCC)COP(=O)(O)OC[C@H](O)COP(=O)(O)OC[C@@H](COC(=O)CCCCCCCCCCCCC(C)CC)OC(=O)CCCCCCCCCCCCCCCCC(C)C. The normalized spacial score (nSPS) is 14.5. The maximum atomic E-state index is 13.0. The number of carbonyl (C=O) groups excluding carboxylic acids is 4. The molecule has 6 atom stereocenters. The van der Waals surface area contributed by atoms with Gasteiger partial charge in [0.05, 0.1) is 26.4 Å². The molecule has 0 aromatic carbocycles. The first-order valence-corrected chi connectivity index (χ1v) is 38.0. The molecule has 0 aromatic rings. The van der Waals surface area contributed by atoms with Gasteiger partial charge >= 0.3 is 39.5 Å². The number of phosphoric ester groups is 2. The average Bonchev–Trinajstić information content (AvgIpc) is 3.58. The maximum absolute atomic E-state index is 13.0. The van der Waals surface area contributed by atoms with E-state index in [0.29, 0.717) is 25.7 Å². The van der Waals surface area contributed by atoms with Crippen LogP contribution in [0.25, 0.3) is 0 Å². The van der Waals surface area contributed by atoms with Gasteiger partial charge < -0.3 is 33.8 Å². The van der Waals surface area contributed by atoms with Crippen LogP contribution in [0, 0.1) is 11.8 Å². The number of aliphatic hydroxyl groups excluding tert-OH is 1. The lowest BCUT2D eigenvalue weighted by molar-refractivity contribution is -0.161. The predicted octanol–water partition coefficient (Wildman–Crippen LogP) is 18.8. The van der Waals surface area contributed by atoms with E-state index in [0.717, 1.165) is 121 Å². The molecule has 0 rings (SSSR count). The number of hydrogen-bond donors (Lipinski definition) is 3. The molecular weight excluding hydrogens is 1140 g/mol. The summed E-state index contributed by atoms with van der Waals surface area (Å²) in [5.74, 6) is -0.531. The number of esters is 4. The molecule has 0 aromatic heterocycles. The Morgan fingerprint density at radius 2 is 0.593 bits per heavy atom. The van der Waals surface area contributed by atoms with Crippen molar-refractivity contribution in [3.8, 4) is 0 Å². The minimum atomic E-state index is -4.95. The van der Waals surface area contributed by atoms with Gasteiger partial charge in [0.1, 0.15) is 19.3 Å². The molecule has 0 spiro atoms. The molecule has 0 saturated carbocycles. The molecule has 0 aliphatic carbocycles. The van der Waals surface area contributed by atoms with Crippen molar-refractivity contribution in [3.05, 3.63) is 0 Å². The molecule has 0 aliphatic heterocycles. The van der Waals surface area contributed by atoms with E-state index < -0.39 is 97.5 Å². The van der Waals surface area contributed by atoms with E-state index in [-0.39, 0.29) is 25.7 Å². The van der Waals surface area contributed by atoms with Crippen molar-refractivity contribution in [2.75, 3.05) is 39.6 Å². The Bertz CT molecular complexity index is 1690. The van der Waals surface area contributed by atoms with E-state index in [2.05, 4.69) is 41.5 Å². The van der Waals surface area contributed by atoms with Crippen LogP contribution in [0.5, 0.6) is 0 Å². The fraction of sp³-hybridized carbons (Fsp3) is 0.940. The third-order valence-electron chi connectivity index (χ3n) is 15.8. The van der Waals surface area contributed by atoms with Crippen LogP contribution in [-0.2, 0) is 65.4 Å². The zero-order valence-electron chi connectivity index (χ0n) is 55.6. The van der Waals surface area contributed by atoms with Crippen molar-refractivity contribution < 1.29 is 80.2 Å². The van der Waals surface area contributed by atoms with Crippen LogP contribution in [0.4, 0.5) is 0 Å². The number of hydrogen-bond acceptors (Lipinski definition) is 15. The molecule has 3 unspecified atom stereocenters. The molecular formula is C67H130O17P2. The first-order valence-electron chi connectivity index (χ1n) is 35.0. The Kier molecular flexibility index (Phi) is 58.0. The quantitative estimate of drug-likeness (QED) is 0.0222. The smallest absolute Gasteiger partial charge is 0.462 e. The number of phosphoric acid groups is 2. The summed E-state index contributed by atoms with van der Waals surface area (Å²) in [7, 11) is -9.88. The second kappa shape index (κ2) is 59.4.